The first-order chi connectivity index (χ1) is 13.6. The maximum atomic E-state index is 12.3. The van der Waals surface area contributed by atoms with Gasteiger partial charge in [-0.3, -0.25) is 4.79 Å². The molecule has 7 heteroatoms. The lowest BCUT2D eigenvalue weighted by Gasteiger charge is -2.17. The molecule has 28 heavy (non-hydrogen) atoms. The minimum Gasteiger partial charge on any atom is -0.492 e. The number of hydrazine groups is 1. The Morgan fingerprint density at radius 3 is 2.50 bits per heavy atom. The Labute approximate surface area is 163 Å². The molecule has 0 saturated carbocycles. The van der Waals surface area contributed by atoms with Gasteiger partial charge in [0, 0.05) is 18.2 Å². The fourth-order valence-corrected chi connectivity index (χ4v) is 2.81. The van der Waals surface area contributed by atoms with E-state index in [4.69, 9.17) is 16.3 Å². The van der Waals surface area contributed by atoms with Crippen LogP contribution in [0.5, 0.6) is 5.75 Å². The van der Waals surface area contributed by atoms with Gasteiger partial charge in [-0.05, 0) is 41.1 Å². The molecule has 3 rings (SSSR count). The third kappa shape index (κ3) is 4.57. The highest BCUT2D eigenvalue weighted by atomic mass is 16.5. The SMILES string of the molecule is CN(CCOc1ccc2cc(/C(N)=N/NN)ccc2c1)C(=O)c1ccccc1. The number of likely N-dealkylation sites (N-methyl/N-ethyl adjacent to an activating group) is 1. The standard InChI is InChI=1S/C21H23N5O2/c1-26(21(27)15-5-3-2-4-6-15)11-12-28-19-10-9-16-13-18(20(22)24-25-23)8-7-17(16)14-19/h2-10,13-14,25H,11-12,23H2,1H3,(H2,22,24). The summed E-state index contributed by atoms with van der Waals surface area (Å²) in [5.41, 5.74) is 9.47. The van der Waals surface area contributed by atoms with Crippen molar-refractivity contribution in [1.29, 1.82) is 0 Å². The predicted octanol–water partition coefficient (Wildman–Crippen LogP) is 2.07. The molecular weight excluding hydrogens is 354 g/mol. The monoisotopic (exact) mass is 377 g/mol. The van der Waals surface area contributed by atoms with Crippen LogP contribution >= 0.6 is 0 Å². The molecular formula is C21H23N5O2. The van der Waals surface area contributed by atoms with Gasteiger partial charge in [-0.2, -0.15) is 0 Å². The zero-order valence-corrected chi connectivity index (χ0v) is 15.6. The van der Waals surface area contributed by atoms with Crippen LogP contribution in [0.1, 0.15) is 15.9 Å². The van der Waals surface area contributed by atoms with E-state index >= 15 is 0 Å². The smallest absolute Gasteiger partial charge is 0.253 e. The Morgan fingerprint density at radius 1 is 1.04 bits per heavy atom. The average molecular weight is 377 g/mol. The summed E-state index contributed by atoms with van der Waals surface area (Å²) in [6, 6.07) is 20.7. The second-order valence-electron chi connectivity index (χ2n) is 6.29. The van der Waals surface area contributed by atoms with Gasteiger partial charge in [0.2, 0.25) is 0 Å². The molecule has 5 N–H and O–H groups in total. The van der Waals surface area contributed by atoms with Crippen molar-refractivity contribution < 1.29 is 9.53 Å². The lowest BCUT2D eigenvalue weighted by Crippen LogP contribution is -2.30. The van der Waals surface area contributed by atoms with Crippen molar-refractivity contribution in [3.8, 4) is 5.75 Å². The molecule has 0 spiro atoms. The Bertz CT molecular complexity index is 989. The Morgan fingerprint density at radius 2 is 1.75 bits per heavy atom. The minimum atomic E-state index is -0.0264. The van der Waals surface area contributed by atoms with Gasteiger partial charge in [0.15, 0.2) is 5.84 Å². The molecule has 0 bridgehead atoms. The number of hydrogen-bond acceptors (Lipinski definition) is 5. The maximum absolute atomic E-state index is 12.3. The molecule has 0 atom stereocenters. The van der Waals surface area contributed by atoms with Crippen LogP contribution in [0, 0.1) is 0 Å². The zero-order chi connectivity index (χ0) is 19.9. The Hall–Kier alpha value is -3.58. The summed E-state index contributed by atoms with van der Waals surface area (Å²) >= 11 is 0. The Balaban J connectivity index is 1.61. The number of amidine groups is 1. The number of hydrazone groups is 1. The second-order valence-corrected chi connectivity index (χ2v) is 6.29. The summed E-state index contributed by atoms with van der Waals surface area (Å²) in [6.07, 6.45) is 0. The number of amides is 1. The molecule has 0 aliphatic rings. The van der Waals surface area contributed by atoms with Crippen molar-refractivity contribution in [3.63, 3.8) is 0 Å². The van der Waals surface area contributed by atoms with Gasteiger partial charge >= 0.3 is 0 Å². The predicted molar refractivity (Wildman–Crippen MR) is 111 cm³/mol. The van der Waals surface area contributed by atoms with Gasteiger partial charge in [-0.1, -0.05) is 36.4 Å². The number of carbonyl (C=O) groups excluding carboxylic acids is 1. The highest BCUT2D eigenvalue weighted by Gasteiger charge is 2.11. The van der Waals surface area contributed by atoms with Crippen molar-refractivity contribution in [1.82, 2.24) is 10.4 Å². The summed E-state index contributed by atoms with van der Waals surface area (Å²) in [5, 5.41) is 5.81. The van der Waals surface area contributed by atoms with E-state index < -0.39 is 0 Å². The molecule has 0 aliphatic carbocycles. The number of rotatable bonds is 7. The number of hydrogen-bond donors (Lipinski definition) is 3. The molecule has 0 saturated heterocycles. The summed E-state index contributed by atoms with van der Waals surface area (Å²) in [6.45, 7) is 0.893. The fourth-order valence-electron chi connectivity index (χ4n) is 2.81. The van der Waals surface area contributed by atoms with E-state index in [2.05, 4.69) is 10.6 Å². The van der Waals surface area contributed by atoms with E-state index in [-0.39, 0.29) is 5.91 Å². The topological polar surface area (TPSA) is 106 Å². The number of ether oxygens (including phenoxy) is 1. The van der Waals surface area contributed by atoms with Crippen molar-refractivity contribution in [2.45, 2.75) is 0 Å². The molecule has 0 radical (unpaired) electrons. The number of nitrogens with one attached hydrogen (secondary N) is 1. The molecule has 0 fully saturated rings. The number of nitrogens with zero attached hydrogens (tertiary/aromatic N) is 2. The van der Waals surface area contributed by atoms with Crippen LogP contribution in [-0.2, 0) is 0 Å². The van der Waals surface area contributed by atoms with E-state index in [1.54, 1.807) is 24.1 Å². The normalized spacial score (nSPS) is 11.3. The quantitative estimate of drug-likeness (QED) is 0.253. The first kappa shape index (κ1) is 19.2. The molecule has 0 aromatic heterocycles. The first-order valence-electron chi connectivity index (χ1n) is 8.85. The summed E-state index contributed by atoms with van der Waals surface area (Å²) in [7, 11) is 1.77. The zero-order valence-electron chi connectivity index (χ0n) is 15.6. The van der Waals surface area contributed by atoms with Crippen molar-refractivity contribution in [2.75, 3.05) is 20.2 Å². The molecule has 3 aromatic rings. The lowest BCUT2D eigenvalue weighted by atomic mass is 10.1. The molecule has 1 amide bonds. The number of benzene rings is 3. The van der Waals surface area contributed by atoms with E-state index in [1.807, 2.05) is 54.6 Å². The maximum Gasteiger partial charge on any atom is 0.253 e. The highest BCUT2D eigenvalue weighted by molar-refractivity contribution is 6.01. The van der Waals surface area contributed by atoms with Crippen LogP contribution < -0.4 is 21.8 Å². The van der Waals surface area contributed by atoms with E-state index in [9.17, 15) is 4.79 Å². The van der Waals surface area contributed by atoms with Crippen LogP contribution in [0.15, 0.2) is 71.8 Å². The highest BCUT2D eigenvalue weighted by Crippen LogP contribution is 2.22. The summed E-state index contributed by atoms with van der Waals surface area (Å²) in [4.78, 5) is 14.0. The van der Waals surface area contributed by atoms with E-state index in [0.29, 0.717) is 24.6 Å². The van der Waals surface area contributed by atoms with Gasteiger partial charge in [-0.25, -0.2) is 11.4 Å². The van der Waals surface area contributed by atoms with Crippen LogP contribution in [0.3, 0.4) is 0 Å². The average Bonchev–Trinajstić information content (AvgIpc) is 2.73. The number of fused-ring (bicyclic) bond motifs is 1. The molecule has 7 nitrogen and oxygen atoms in total. The van der Waals surface area contributed by atoms with Crippen molar-refractivity contribution in [3.05, 3.63) is 77.9 Å². The van der Waals surface area contributed by atoms with E-state index in [0.717, 1.165) is 22.1 Å². The number of carbonyl (C=O) groups is 1. The van der Waals surface area contributed by atoms with Gasteiger partial charge in [-0.15, -0.1) is 5.10 Å². The largest absolute Gasteiger partial charge is 0.492 e. The van der Waals surface area contributed by atoms with Crippen LogP contribution in [0.2, 0.25) is 0 Å². The third-order valence-corrected chi connectivity index (χ3v) is 4.36. The second kappa shape index (κ2) is 8.88. The van der Waals surface area contributed by atoms with Gasteiger partial charge < -0.3 is 15.4 Å². The summed E-state index contributed by atoms with van der Waals surface area (Å²) < 4.78 is 5.82. The van der Waals surface area contributed by atoms with Crippen molar-refractivity contribution >= 4 is 22.5 Å². The molecule has 3 aromatic carbocycles. The lowest BCUT2D eigenvalue weighted by molar-refractivity contribution is 0.0774. The van der Waals surface area contributed by atoms with Gasteiger partial charge in [0.05, 0.1) is 6.54 Å². The number of nitrogens with two attached hydrogens (primary N) is 2. The van der Waals surface area contributed by atoms with Crippen LogP contribution in [0.25, 0.3) is 10.8 Å². The minimum absolute atomic E-state index is 0.0264. The molecule has 0 heterocycles. The third-order valence-electron chi connectivity index (χ3n) is 4.36. The van der Waals surface area contributed by atoms with Gasteiger partial charge in [0.25, 0.3) is 5.91 Å². The van der Waals surface area contributed by atoms with E-state index in [1.165, 1.54) is 0 Å². The van der Waals surface area contributed by atoms with Crippen LogP contribution in [-0.4, -0.2) is 36.8 Å². The molecule has 144 valence electrons. The summed E-state index contributed by atoms with van der Waals surface area (Å²) in [5.74, 6) is 6.19. The Kier molecular flexibility index (Phi) is 6.08. The fraction of sp³-hybridized carbons (Fsp3) is 0.143. The molecule has 0 unspecified atom stereocenters. The first-order valence-corrected chi connectivity index (χ1v) is 8.85. The van der Waals surface area contributed by atoms with Gasteiger partial charge in [0.1, 0.15) is 12.4 Å². The molecule has 0 aliphatic heterocycles. The van der Waals surface area contributed by atoms with Crippen molar-refractivity contribution in [2.24, 2.45) is 16.7 Å². The van der Waals surface area contributed by atoms with Crippen LogP contribution in [0.4, 0.5) is 0 Å².